The summed E-state index contributed by atoms with van der Waals surface area (Å²) >= 11 is 11.7. The highest BCUT2D eigenvalue weighted by molar-refractivity contribution is 6.35. The van der Waals surface area contributed by atoms with Crippen molar-refractivity contribution in [1.82, 2.24) is 0 Å². The summed E-state index contributed by atoms with van der Waals surface area (Å²) < 4.78 is 4.97. The Hall–Kier alpha value is -1.52. The van der Waals surface area contributed by atoms with Crippen LogP contribution < -0.4 is 5.32 Å². The summed E-state index contributed by atoms with van der Waals surface area (Å²) in [6.45, 7) is 5.89. The average molecular weight is 330 g/mol. The molecule has 114 valence electrons. The Bertz CT molecular complexity index is 523. The monoisotopic (exact) mass is 329 g/mol. The number of benzene rings is 1. The third-order valence-electron chi connectivity index (χ3n) is 2.54. The zero-order valence-electron chi connectivity index (χ0n) is 11.7. The van der Waals surface area contributed by atoms with Crippen LogP contribution in [0.15, 0.2) is 30.4 Å². The Morgan fingerprint density at radius 1 is 1.24 bits per heavy atom. The molecule has 1 rings (SSSR count). The van der Waals surface area contributed by atoms with Gasteiger partial charge in [0.1, 0.15) is 0 Å². The molecule has 0 bridgehead atoms. The second kappa shape index (κ2) is 8.70. The van der Waals surface area contributed by atoms with Crippen LogP contribution in [0.2, 0.25) is 10.0 Å². The predicted molar refractivity (Wildman–Crippen MR) is 84.7 cm³/mol. The molecule has 0 aromatic heterocycles. The van der Waals surface area contributed by atoms with Crippen molar-refractivity contribution in [2.75, 3.05) is 11.9 Å². The molecule has 0 aliphatic heterocycles. The van der Waals surface area contributed by atoms with E-state index in [0.29, 0.717) is 22.3 Å². The van der Waals surface area contributed by atoms with Crippen LogP contribution in [0.25, 0.3) is 0 Å². The van der Waals surface area contributed by atoms with Crippen LogP contribution in [0.4, 0.5) is 5.69 Å². The lowest BCUT2D eigenvalue weighted by Crippen LogP contribution is -2.17. The van der Waals surface area contributed by atoms with Crippen molar-refractivity contribution >= 4 is 40.8 Å². The van der Waals surface area contributed by atoms with Gasteiger partial charge in [0.15, 0.2) is 0 Å². The molecule has 21 heavy (non-hydrogen) atoms. The number of anilines is 1. The average Bonchev–Trinajstić information content (AvgIpc) is 2.37. The highest BCUT2D eigenvalue weighted by Crippen LogP contribution is 2.22. The van der Waals surface area contributed by atoms with E-state index < -0.39 is 5.97 Å². The highest BCUT2D eigenvalue weighted by atomic mass is 35.5. The minimum atomic E-state index is -0.553. The summed E-state index contributed by atoms with van der Waals surface area (Å²) in [6.07, 6.45) is 1.57. The Morgan fingerprint density at radius 3 is 2.43 bits per heavy atom. The summed E-state index contributed by atoms with van der Waals surface area (Å²) in [5.41, 5.74) is 0.571. The maximum atomic E-state index is 11.8. The normalized spacial score (nSPS) is 10.0. The summed E-state index contributed by atoms with van der Waals surface area (Å²) in [4.78, 5) is 23.4. The van der Waals surface area contributed by atoms with Crippen LogP contribution in [0.1, 0.15) is 26.2 Å². The van der Waals surface area contributed by atoms with Gasteiger partial charge in [-0.25, -0.2) is 4.79 Å². The number of carbonyl (C=O) groups excluding carboxylic acids is 2. The highest BCUT2D eigenvalue weighted by Gasteiger charge is 2.13. The maximum absolute atomic E-state index is 11.8. The molecule has 0 spiro atoms. The molecule has 4 nitrogen and oxygen atoms in total. The van der Waals surface area contributed by atoms with Crippen molar-refractivity contribution in [1.29, 1.82) is 0 Å². The van der Waals surface area contributed by atoms with Crippen molar-refractivity contribution in [2.45, 2.75) is 26.2 Å². The number of esters is 1. The van der Waals surface area contributed by atoms with Crippen molar-refractivity contribution < 1.29 is 14.3 Å². The molecule has 0 unspecified atom stereocenters. The van der Waals surface area contributed by atoms with E-state index in [1.807, 2.05) is 6.92 Å². The third-order valence-corrected chi connectivity index (χ3v) is 2.98. The van der Waals surface area contributed by atoms with Crippen molar-refractivity contribution in [3.05, 3.63) is 40.4 Å². The second-order valence-corrected chi connectivity index (χ2v) is 5.35. The van der Waals surface area contributed by atoms with Crippen LogP contribution in [0, 0.1) is 0 Å². The van der Waals surface area contributed by atoms with E-state index in [4.69, 9.17) is 27.9 Å². The molecule has 0 radical (unpaired) electrons. The quantitative estimate of drug-likeness (QED) is 0.463. The molecule has 1 N–H and O–H groups in total. The van der Waals surface area contributed by atoms with Crippen LogP contribution in [-0.4, -0.2) is 18.5 Å². The fourth-order valence-corrected chi connectivity index (χ4v) is 2.03. The minimum absolute atomic E-state index is 0.108. The fourth-order valence-electron chi connectivity index (χ4n) is 1.51. The Kier molecular flexibility index (Phi) is 7.26. The van der Waals surface area contributed by atoms with Gasteiger partial charge in [-0.1, -0.05) is 43.1 Å². The number of carbonyl (C=O) groups is 2. The van der Waals surface area contributed by atoms with Gasteiger partial charge in [-0.3, -0.25) is 4.79 Å². The fraction of sp³-hybridized carbons (Fsp3) is 0.333. The molecule has 0 atom stereocenters. The first-order valence-corrected chi connectivity index (χ1v) is 7.28. The number of hydrogen-bond donors (Lipinski definition) is 1. The summed E-state index contributed by atoms with van der Waals surface area (Å²) in [7, 11) is 0. The Morgan fingerprint density at radius 2 is 1.86 bits per heavy atom. The van der Waals surface area contributed by atoms with Gasteiger partial charge in [0.2, 0.25) is 5.91 Å². The van der Waals surface area contributed by atoms with Gasteiger partial charge in [-0.15, -0.1) is 0 Å². The summed E-state index contributed by atoms with van der Waals surface area (Å²) in [5.74, 6) is -0.937. The molecule has 0 heterocycles. The van der Waals surface area contributed by atoms with Crippen LogP contribution in [0.5, 0.6) is 0 Å². The first-order valence-electron chi connectivity index (χ1n) is 6.53. The molecular weight excluding hydrogens is 313 g/mol. The molecule has 6 heteroatoms. The standard InChI is InChI=1S/C15H17Cl2NO3/c1-3-4-5-21-15(20)10(2)6-14(19)18-13-8-11(16)7-12(17)9-13/h7-9H,2-6H2,1H3,(H,18,19). The SMILES string of the molecule is C=C(CC(=O)Nc1cc(Cl)cc(Cl)c1)C(=O)OCCCC. The van der Waals surface area contributed by atoms with Gasteiger partial charge in [0.25, 0.3) is 0 Å². The van der Waals surface area contributed by atoms with E-state index in [2.05, 4.69) is 11.9 Å². The lowest BCUT2D eigenvalue weighted by molar-refractivity contribution is -0.139. The number of amides is 1. The molecule has 0 aliphatic carbocycles. The maximum Gasteiger partial charge on any atom is 0.333 e. The lowest BCUT2D eigenvalue weighted by Gasteiger charge is -2.08. The van der Waals surface area contributed by atoms with Gasteiger partial charge in [-0.2, -0.15) is 0 Å². The molecule has 0 saturated carbocycles. The van der Waals surface area contributed by atoms with Gasteiger partial charge in [-0.05, 0) is 24.6 Å². The first-order chi connectivity index (χ1) is 9.92. The van der Waals surface area contributed by atoms with Crippen LogP contribution in [0.3, 0.4) is 0 Å². The molecule has 0 aliphatic rings. The molecule has 1 aromatic carbocycles. The van der Waals surface area contributed by atoms with Gasteiger partial charge >= 0.3 is 5.97 Å². The molecule has 0 saturated heterocycles. The van der Waals surface area contributed by atoms with E-state index in [9.17, 15) is 9.59 Å². The number of unbranched alkanes of at least 4 members (excludes halogenated alkanes) is 1. The van der Waals surface area contributed by atoms with Crippen molar-refractivity contribution in [3.63, 3.8) is 0 Å². The first kappa shape index (κ1) is 17.5. The summed E-state index contributed by atoms with van der Waals surface area (Å²) in [5, 5.41) is 3.43. The van der Waals surface area contributed by atoms with E-state index in [1.165, 1.54) is 0 Å². The smallest absolute Gasteiger partial charge is 0.333 e. The number of ether oxygens (including phenoxy) is 1. The number of rotatable bonds is 7. The van der Waals surface area contributed by atoms with Gasteiger partial charge < -0.3 is 10.1 Å². The summed E-state index contributed by atoms with van der Waals surface area (Å²) in [6, 6.07) is 4.68. The lowest BCUT2D eigenvalue weighted by atomic mass is 10.2. The minimum Gasteiger partial charge on any atom is -0.462 e. The predicted octanol–water partition coefficient (Wildman–Crippen LogP) is 4.22. The van der Waals surface area contributed by atoms with Crippen LogP contribution in [-0.2, 0) is 14.3 Å². The van der Waals surface area contributed by atoms with E-state index in [0.717, 1.165) is 12.8 Å². The Labute approximate surface area is 134 Å². The van der Waals surface area contributed by atoms with Crippen molar-refractivity contribution in [3.8, 4) is 0 Å². The van der Waals surface area contributed by atoms with E-state index in [1.54, 1.807) is 18.2 Å². The zero-order valence-corrected chi connectivity index (χ0v) is 13.3. The largest absolute Gasteiger partial charge is 0.462 e. The number of nitrogens with one attached hydrogen (secondary N) is 1. The third kappa shape index (κ3) is 6.65. The molecular formula is C15H17Cl2NO3. The van der Waals surface area contributed by atoms with E-state index >= 15 is 0 Å². The van der Waals surface area contributed by atoms with Gasteiger partial charge in [0, 0.05) is 21.3 Å². The molecule has 0 fully saturated rings. The van der Waals surface area contributed by atoms with Crippen LogP contribution >= 0.6 is 23.2 Å². The van der Waals surface area contributed by atoms with Crippen molar-refractivity contribution in [2.24, 2.45) is 0 Å². The topological polar surface area (TPSA) is 55.4 Å². The van der Waals surface area contributed by atoms with Gasteiger partial charge in [0.05, 0.1) is 13.0 Å². The number of hydrogen-bond acceptors (Lipinski definition) is 3. The Balaban J connectivity index is 2.49. The molecule has 1 amide bonds. The zero-order chi connectivity index (χ0) is 15.8. The number of halogens is 2. The molecule has 1 aromatic rings. The van der Waals surface area contributed by atoms with E-state index in [-0.39, 0.29) is 17.9 Å². The second-order valence-electron chi connectivity index (χ2n) is 4.48.